The van der Waals surface area contributed by atoms with Gasteiger partial charge in [-0.3, -0.25) is 9.20 Å². The van der Waals surface area contributed by atoms with E-state index in [-0.39, 0.29) is 11.9 Å². The van der Waals surface area contributed by atoms with Crippen LogP contribution in [0.5, 0.6) is 0 Å². The molecule has 0 saturated carbocycles. The second-order valence-corrected chi connectivity index (χ2v) is 8.49. The van der Waals surface area contributed by atoms with Gasteiger partial charge in [0, 0.05) is 36.4 Å². The lowest BCUT2D eigenvalue weighted by Crippen LogP contribution is -2.45. The summed E-state index contributed by atoms with van der Waals surface area (Å²) in [5.74, 6) is 0.620. The van der Waals surface area contributed by atoms with Crippen molar-refractivity contribution in [3.63, 3.8) is 0 Å². The molecule has 6 heteroatoms. The van der Waals surface area contributed by atoms with E-state index in [4.69, 9.17) is 0 Å². The SMILES string of the molecule is Cc1nc2sccn2c1C(=O)N1CCCC(Nc2ccc(C(C)C)cc2)C1. The van der Waals surface area contributed by atoms with Gasteiger partial charge in [0.05, 0.1) is 5.69 Å². The first kappa shape index (κ1) is 18.0. The molecule has 3 heterocycles. The maximum absolute atomic E-state index is 13.2. The normalized spacial score (nSPS) is 17.6. The van der Waals surface area contributed by atoms with Crippen LogP contribution in [-0.2, 0) is 0 Å². The van der Waals surface area contributed by atoms with Crippen molar-refractivity contribution in [3.8, 4) is 0 Å². The van der Waals surface area contributed by atoms with Crippen molar-refractivity contribution in [1.29, 1.82) is 0 Å². The largest absolute Gasteiger partial charge is 0.381 e. The second kappa shape index (κ2) is 7.35. The summed E-state index contributed by atoms with van der Waals surface area (Å²) >= 11 is 1.56. The van der Waals surface area contributed by atoms with Gasteiger partial charge >= 0.3 is 0 Å². The van der Waals surface area contributed by atoms with Crippen molar-refractivity contribution in [1.82, 2.24) is 14.3 Å². The molecule has 1 aliphatic heterocycles. The number of amides is 1. The Morgan fingerprint density at radius 2 is 2.07 bits per heavy atom. The monoisotopic (exact) mass is 382 g/mol. The molecular weight excluding hydrogens is 356 g/mol. The molecule has 0 radical (unpaired) electrons. The first-order valence-electron chi connectivity index (χ1n) is 9.61. The summed E-state index contributed by atoms with van der Waals surface area (Å²) in [6.45, 7) is 7.86. The molecule has 3 aromatic rings. The Kier molecular flexibility index (Phi) is 4.91. The minimum Gasteiger partial charge on any atom is -0.381 e. The number of nitrogens with one attached hydrogen (secondary N) is 1. The van der Waals surface area contributed by atoms with Crippen LogP contribution in [0, 0.1) is 6.92 Å². The van der Waals surface area contributed by atoms with Gasteiger partial charge in [0.2, 0.25) is 0 Å². The third kappa shape index (κ3) is 3.58. The average molecular weight is 383 g/mol. The number of carbonyl (C=O) groups excluding carboxylic acids is 1. The lowest BCUT2D eigenvalue weighted by molar-refractivity contribution is 0.0707. The molecule has 1 saturated heterocycles. The topological polar surface area (TPSA) is 49.6 Å². The highest BCUT2D eigenvalue weighted by Crippen LogP contribution is 2.23. The number of carbonyl (C=O) groups is 1. The van der Waals surface area contributed by atoms with Gasteiger partial charge in [-0.1, -0.05) is 26.0 Å². The van der Waals surface area contributed by atoms with Gasteiger partial charge in [-0.15, -0.1) is 11.3 Å². The summed E-state index contributed by atoms with van der Waals surface area (Å²) in [5.41, 5.74) is 3.98. The zero-order chi connectivity index (χ0) is 19.0. The summed E-state index contributed by atoms with van der Waals surface area (Å²) in [4.78, 5) is 20.5. The van der Waals surface area contributed by atoms with Gasteiger partial charge in [0.25, 0.3) is 5.91 Å². The molecule has 27 heavy (non-hydrogen) atoms. The van der Waals surface area contributed by atoms with Gasteiger partial charge in [-0.05, 0) is 43.4 Å². The number of aryl methyl sites for hydroxylation is 1. The Balaban J connectivity index is 1.47. The Morgan fingerprint density at radius 3 is 2.81 bits per heavy atom. The number of aromatic nitrogens is 2. The zero-order valence-electron chi connectivity index (χ0n) is 16.1. The number of thiazole rings is 1. The third-order valence-electron chi connectivity index (χ3n) is 5.30. The Labute approximate surface area is 164 Å². The fourth-order valence-electron chi connectivity index (χ4n) is 3.78. The van der Waals surface area contributed by atoms with E-state index in [0.717, 1.165) is 42.3 Å². The first-order valence-corrected chi connectivity index (χ1v) is 10.5. The summed E-state index contributed by atoms with van der Waals surface area (Å²) in [7, 11) is 0. The number of likely N-dealkylation sites (tertiary alicyclic amines) is 1. The minimum atomic E-state index is 0.0834. The predicted molar refractivity (Wildman–Crippen MR) is 111 cm³/mol. The Hall–Kier alpha value is -2.34. The van der Waals surface area contributed by atoms with Crippen LogP contribution in [0.1, 0.15) is 54.4 Å². The summed E-state index contributed by atoms with van der Waals surface area (Å²) < 4.78 is 1.92. The molecule has 1 fully saturated rings. The lowest BCUT2D eigenvalue weighted by atomic mass is 10.0. The number of piperidine rings is 1. The van der Waals surface area contributed by atoms with Crippen molar-refractivity contribution in [3.05, 3.63) is 52.8 Å². The molecule has 0 bridgehead atoms. The van der Waals surface area contributed by atoms with Crippen LogP contribution in [0.3, 0.4) is 0 Å². The molecule has 1 amide bonds. The molecule has 4 rings (SSSR count). The van der Waals surface area contributed by atoms with E-state index in [0.29, 0.717) is 11.6 Å². The van der Waals surface area contributed by atoms with Crippen molar-refractivity contribution in [2.45, 2.75) is 45.6 Å². The number of fused-ring (bicyclic) bond motifs is 1. The lowest BCUT2D eigenvalue weighted by Gasteiger charge is -2.33. The molecule has 1 aromatic carbocycles. The molecule has 0 spiro atoms. The second-order valence-electron chi connectivity index (χ2n) is 7.61. The van der Waals surface area contributed by atoms with Crippen LogP contribution in [0.2, 0.25) is 0 Å². The van der Waals surface area contributed by atoms with E-state index in [1.165, 1.54) is 5.56 Å². The smallest absolute Gasteiger partial charge is 0.272 e. The van der Waals surface area contributed by atoms with Crippen molar-refractivity contribution in [2.75, 3.05) is 18.4 Å². The van der Waals surface area contributed by atoms with Crippen LogP contribution in [0.25, 0.3) is 4.96 Å². The summed E-state index contributed by atoms with van der Waals surface area (Å²) in [5, 5.41) is 5.58. The van der Waals surface area contributed by atoms with Crippen LogP contribution in [0.15, 0.2) is 35.8 Å². The number of anilines is 1. The minimum absolute atomic E-state index is 0.0834. The van der Waals surface area contributed by atoms with Crippen LogP contribution in [-0.4, -0.2) is 39.3 Å². The molecule has 0 aliphatic carbocycles. The molecule has 1 aliphatic rings. The molecule has 142 valence electrons. The molecule has 1 atom stereocenters. The van der Waals surface area contributed by atoms with Crippen molar-refractivity contribution >= 4 is 27.9 Å². The molecule has 1 N–H and O–H groups in total. The van der Waals surface area contributed by atoms with Gasteiger partial charge in [0.15, 0.2) is 4.96 Å². The van der Waals surface area contributed by atoms with Crippen molar-refractivity contribution < 1.29 is 4.79 Å². The van der Waals surface area contributed by atoms with E-state index in [9.17, 15) is 4.79 Å². The number of hydrogen-bond acceptors (Lipinski definition) is 4. The van der Waals surface area contributed by atoms with Gasteiger partial charge in [-0.25, -0.2) is 4.98 Å². The third-order valence-corrected chi connectivity index (χ3v) is 6.05. The number of rotatable bonds is 4. The summed E-state index contributed by atoms with van der Waals surface area (Å²) in [6.07, 6.45) is 4.02. The van der Waals surface area contributed by atoms with Gasteiger partial charge in [-0.2, -0.15) is 0 Å². The number of nitrogens with zero attached hydrogens (tertiary/aromatic N) is 3. The van der Waals surface area contributed by atoms with Gasteiger partial charge in [0.1, 0.15) is 5.69 Å². The molecular formula is C21H26N4OS. The predicted octanol–water partition coefficient (Wildman–Crippen LogP) is 4.54. The highest BCUT2D eigenvalue weighted by atomic mass is 32.1. The first-order chi connectivity index (χ1) is 13.0. The quantitative estimate of drug-likeness (QED) is 0.720. The molecule has 1 unspecified atom stereocenters. The fraction of sp³-hybridized carbons (Fsp3) is 0.429. The van der Waals surface area contributed by atoms with Crippen LogP contribution >= 0.6 is 11.3 Å². The van der Waals surface area contributed by atoms with E-state index in [1.807, 2.05) is 27.8 Å². The van der Waals surface area contributed by atoms with Gasteiger partial charge < -0.3 is 10.2 Å². The number of benzene rings is 1. The standard InChI is InChI=1S/C21H26N4OS/c1-14(2)16-6-8-17(9-7-16)23-18-5-4-10-24(13-18)20(26)19-15(3)22-21-25(19)11-12-27-21/h6-9,11-12,14,18,23H,4-5,10,13H2,1-3H3. The number of hydrogen-bond donors (Lipinski definition) is 1. The van der Waals surface area contributed by atoms with Crippen LogP contribution in [0.4, 0.5) is 5.69 Å². The van der Waals surface area contributed by atoms with Crippen molar-refractivity contribution in [2.24, 2.45) is 0 Å². The molecule has 2 aromatic heterocycles. The van der Waals surface area contributed by atoms with E-state index >= 15 is 0 Å². The average Bonchev–Trinajstić information content (AvgIpc) is 3.22. The Morgan fingerprint density at radius 1 is 1.30 bits per heavy atom. The highest BCUT2D eigenvalue weighted by Gasteiger charge is 2.28. The van der Waals surface area contributed by atoms with E-state index < -0.39 is 0 Å². The van der Waals surface area contributed by atoms with E-state index in [1.54, 1.807) is 11.3 Å². The van der Waals surface area contributed by atoms with Crippen LogP contribution < -0.4 is 5.32 Å². The van der Waals surface area contributed by atoms with E-state index in [2.05, 4.69) is 48.4 Å². The zero-order valence-corrected chi connectivity index (χ0v) is 16.9. The number of imidazole rings is 1. The highest BCUT2D eigenvalue weighted by molar-refractivity contribution is 7.15. The maximum atomic E-state index is 13.2. The fourth-order valence-corrected chi connectivity index (χ4v) is 4.54. The Bertz CT molecular complexity index is 941. The maximum Gasteiger partial charge on any atom is 0.272 e. The molecule has 5 nitrogen and oxygen atoms in total. The summed E-state index contributed by atoms with van der Waals surface area (Å²) in [6, 6.07) is 8.93.